The van der Waals surface area contributed by atoms with Crippen molar-refractivity contribution in [1.29, 1.82) is 0 Å². The average molecular weight is 289 g/mol. The zero-order chi connectivity index (χ0) is 14.4. The van der Waals surface area contributed by atoms with Crippen molar-refractivity contribution in [3.63, 3.8) is 0 Å². The molecule has 1 unspecified atom stereocenters. The lowest BCUT2D eigenvalue weighted by Crippen LogP contribution is -2.31. The van der Waals surface area contributed by atoms with Crippen LogP contribution >= 0.6 is 11.6 Å². The molecule has 0 fully saturated rings. The number of nitro benzene ring substituents is 1. The Morgan fingerprint density at radius 3 is 2.84 bits per heavy atom. The fraction of sp³-hybridized carbons (Fsp3) is 0.500. The molecule has 1 atom stereocenters. The van der Waals surface area contributed by atoms with Crippen molar-refractivity contribution in [3.05, 3.63) is 38.9 Å². The van der Waals surface area contributed by atoms with Gasteiger partial charge in [-0.2, -0.15) is 0 Å². The number of halogens is 1. The maximum absolute atomic E-state index is 10.9. The Kier molecular flexibility index (Phi) is 6.17. The van der Waals surface area contributed by atoms with E-state index in [-0.39, 0.29) is 12.3 Å². The molecule has 0 saturated heterocycles. The fourth-order valence-corrected chi connectivity index (χ4v) is 2.01. The van der Waals surface area contributed by atoms with E-state index in [2.05, 4.69) is 0 Å². The van der Waals surface area contributed by atoms with Crippen LogP contribution < -0.4 is 0 Å². The summed E-state index contributed by atoms with van der Waals surface area (Å²) in [5, 5.41) is 21.0. The van der Waals surface area contributed by atoms with Gasteiger partial charge in [-0.05, 0) is 19.2 Å². The van der Waals surface area contributed by atoms with Crippen LogP contribution in [0.15, 0.2) is 18.2 Å². The number of ether oxygens (including phenoxy) is 1. The van der Waals surface area contributed by atoms with Gasteiger partial charge < -0.3 is 9.84 Å². The van der Waals surface area contributed by atoms with Gasteiger partial charge in [-0.3, -0.25) is 15.0 Å². The van der Waals surface area contributed by atoms with E-state index < -0.39 is 11.0 Å². The number of nitro groups is 1. The first-order valence-corrected chi connectivity index (χ1v) is 6.10. The highest BCUT2D eigenvalue weighted by Gasteiger charge is 2.16. The summed E-state index contributed by atoms with van der Waals surface area (Å²) in [5.74, 6) is 0. The van der Waals surface area contributed by atoms with E-state index in [0.717, 1.165) is 0 Å². The third-order valence-corrected chi connectivity index (χ3v) is 2.80. The van der Waals surface area contributed by atoms with Crippen LogP contribution in [0.4, 0.5) is 5.69 Å². The Hall–Kier alpha value is -1.21. The second-order valence-electron chi connectivity index (χ2n) is 4.34. The van der Waals surface area contributed by atoms with Crippen LogP contribution in [0.1, 0.15) is 5.56 Å². The van der Waals surface area contributed by atoms with E-state index in [0.29, 0.717) is 23.7 Å². The molecule has 0 radical (unpaired) electrons. The second kappa shape index (κ2) is 7.40. The smallest absolute Gasteiger partial charge is 0.273 e. The lowest BCUT2D eigenvalue weighted by Gasteiger charge is -2.20. The number of methoxy groups -OCH3 is 1. The van der Waals surface area contributed by atoms with Crippen molar-refractivity contribution >= 4 is 17.3 Å². The first-order valence-electron chi connectivity index (χ1n) is 5.72. The van der Waals surface area contributed by atoms with E-state index in [4.69, 9.17) is 16.3 Å². The minimum Gasteiger partial charge on any atom is -0.389 e. The summed E-state index contributed by atoms with van der Waals surface area (Å²) in [7, 11) is 3.27. The number of nitrogens with zero attached hydrogens (tertiary/aromatic N) is 2. The maximum atomic E-state index is 10.9. The molecule has 0 saturated carbocycles. The average Bonchev–Trinajstić information content (AvgIpc) is 2.28. The van der Waals surface area contributed by atoms with Gasteiger partial charge in [0.05, 0.1) is 17.6 Å². The topological polar surface area (TPSA) is 75.8 Å². The van der Waals surface area contributed by atoms with E-state index >= 15 is 0 Å². The molecule has 6 nitrogen and oxygen atoms in total. The molecule has 0 amide bonds. The molecule has 0 aliphatic rings. The first kappa shape index (κ1) is 15.8. The van der Waals surface area contributed by atoms with Gasteiger partial charge in [-0.15, -0.1) is 0 Å². The Balaban J connectivity index is 2.75. The van der Waals surface area contributed by atoms with Gasteiger partial charge in [0.25, 0.3) is 5.69 Å². The number of likely N-dealkylation sites (N-methyl/N-ethyl adjacent to an activating group) is 1. The standard InChI is InChI=1S/C12H17ClN2O4/c1-14(7-11(16)8-19-2)6-9-5-10(13)3-4-12(9)15(17)18/h3-5,11,16H,6-8H2,1-2H3. The van der Waals surface area contributed by atoms with Crippen molar-refractivity contribution in [2.75, 3.05) is 27.3 Å². The van der Waals surface area contributed by atoms with Gasteiger partial charge in [-0.25, -0.2) is 0 Å². The number of aliphatic hydroxyl groups is 1. The summed E-state index contributed by atoms with van der Waals surface area (Å²) in [6.45, 7) is 0.914. The molecule has 0 spiro atoms. The molecule has 0 bridgehead atoms. The first-order chi connectivity index (χ1) is 8.93. The molecular weight excluding hydrogens is 272 g/mol. The summed E-state index contributed by atoms with van der Waals surface area (Å²) in [4.78, 5) is 12.3. The Bertz CT molecular complexity index is 442. The number of hydrogen-bond acceptors (Lipinski definition) is 5. The molecule has 1 aromatic carbocycles. The Morgan fingerprint density at radius 2 is 2.26 bits per heavy atom. The predicted octanol–water partition coefficient (Wildman–Crippen LogP) is 1.69. The summed E-state index contributed by atoms with van der Waals surface area (Å²) < 4.78 is 4.83. The highest BCUT2D eigenvalue weighted by atomic mass is 35.5. The van der Waals surface area contributed by atoms with Crippen LogP contribution in [-0.4, -0.2) is 48.3 Å². The molecule has 1 rings (SSSR count). The predicted molar refractivity (Wildman–Crippen MR) is 72.3 cm³/mol. The largest absolute Gasteiger partial charge is 0.389 e. The third-order valence-electron chi connectivity index (χ3n) is 2.56. The monoisotopic (exact) mass is 288 g/mol. The molecule has 106 valence electrons. The van der Waals surface area contributed by atoms with Crippen LogP contribution in [0.3, 0.4) is 0 Å². The van der Waals surface area contributed by atoms with Gasteiger partial charge in [0.1, 0.15) is 0 Å². The molecule has 0 heterocycles. The zero-order valence-electron chi connectivity index (χ0n) is 10.9. The summed E-state index contributed by atoms with van der Waals surface area (Å²) in [5.41, 5.74) is 0.544. The van der Waals surface area contributed by atoms with Crippen LogP contribution in [0.5, 0.6) is 0 Å². The second-order valence-corrected chi connectivity index (χ2v) is 4.77. The number of rotatable bonds is 7. The van der Waals surface area contributed by atoms with Crippen LogP contribution in [0, 0.1) is 10.1 Å². The summed E-state index contributed by atoms with van der Waals surface area (Å²) in [6.07, 6.45) is -0.631. The van der Waals surface area contributed by atoms with Crippen LogP contribution in [0.25, 0.3) is 0 Å². The minimum atomic E-state index is -0.631. The van der Waals surface area contributed by atoms with Crippen molar-refractivity contribution in [1.82, 2.24) is 4.90 Å². The summed E-state index contributed by atoms with van der Waals surface area (Å²) >= 11 is 5.85. The number of aliphatic hydroxyl groups excluding tert-OH is 1. The fourth-order valence-electron chi connectivity index (χ4n) is 1.82. The van der Waals surface area contributed by atoms with Gasteiger partial charge in [0.2, 0.25) is 0 Å². The van der Waals surface area contributed by atoms with Crippen molar-refractivity contribution in [2.45, 2.75) is 12.6 Å². The summed E-state index contributed by atoms with van der Waals surface area (Å²) in [6, 6.07) is 4.44. The highest BCUT2D eigenvalue weighted by molar-refractivity contribution is 6.30. The molecule has 0 aliphatic carbocycles. The Labute approximate surface area is 116 Å². The van der Waals surface area contributed by atoms with Gasteiger partial charge in [0, 0.05) is 36.9 Å². The van der Waals surface area contributed by atoms with Gasteiger partial charge >= 0.3 is 0 Å². The molecule has 19 heavy (non-hydrogen) atoms. The third kappa shape index (κ3) is 5.12. The molecule has 1 aromatic rings. The quantitative estimate of drug-likeness (QED) is 0.610. The molecular formula is C12H17ClN2O4. The van der Waals surface area contributed by atoms with E-state index in [1.807, 2.05) is 0 Å². The van der Waals surface area contributed by atoms with Crippen molar-refractivity contribution < 1.29 is 14.8 Å². The van der Waals surface area contributed by atoms with Gasteiger partial charge in [-0.1, -0.05) is 11.6 Å². The van der Waals surface area contributed by atoms with E-state index in [9.17, 15) is 15.2 Å². The van der Waals surface area contributed by atoms with Crippen LogP contribution in [0.2, 0.25) is 5.02 Å². The zero-order valence-corrected chi connectivity index (χ0v) is 11.6. The molecule has 7 heteroatoms. The lowest BCUT2D eigenvalue weighted by atomic mass is 10.1. The number of hydrogen-bond donors (Lipinski definition) is 1. The molecule has 1 N–H and O–H groups in total. The highest BCUT2D eigenvalue weighted by Crippen LogP contribution is 2.23. The van der Waals surface area contributed by atoms with Crippen molar-refractivity contribution in [3.8, 4) is 0 Å². The number of benzene rings is 1. The Morgan fingerprint density at radius 1 is 1.58 bits per heavy atom. The maximum Gasteiger partial charge on any atom is 0.273 e. The molecule has 0 aromatic heterocycles. The van der Waals surface area contributed by atoms with Crippen molar-refractivity contribution in [2.24, 2.45) is 0 Å². The van der Waals surface area contributed by atoms with Crippen LogP contribution in [-0.2, 0) is 11.3 Å². The van der Waals surface area contributed by atoms with E-state index in [1.165, 1.54) is 19.2 Å². The SMILES string of the molecule is COCC(O)CN(C)Cc1cc(Cl)ccc1[N+](=O)[O-]. The molecule has 0 aliphatic heterocycles. The van der Waals surface area contributed by atoms with Gasteiger partial charge in [0.15, 0.2) is 0 Å². The minimum absolute atomic E-state index is 0.0254. The lowest BCUT2D eigenvalue weighted by molar-refractivity contribution is -0.385. The van der Waals surface area contributed by atoms with E-state index in [1.54, 1.807) is 18.0 Å². The normalized spacial score (nSPS) is 12.7.